The highest BCUT2D eigenvalue weighted by Crippen LogP contribution is 2.26. The molecule has 1 rings (SSSR count). The van der Waals surface area contributed by atoms with E-state index in [2.05, 4.69) is 5.32 Å². The van der Waals surface area contributed by atoms with Crippen LogP contribution in [-0.2, 0) is 16.0 Å². The maximum atomic E-state index is 10.8. The molecule has 0 fully saturated rings. The smallest absolute Gasteiger partial charge is 0.326 e. The number of carboxylic acids is 1. The highest BCUT2D eigenvalue weighted by atomic mass is 16.5. The minimum absolute atomic E-state index is 0.0218. The molecule has 0 saturated carbocycles. The summed E-state index contributed by atoms with van der Waals surface area (Å²) in [5.74, 6) is -0.881. The van der Waals surface area contributed by atoms with Gasteiger partial charge < -0.3 is 20.3 Å². The summed E-state index contributed by atoms with van der Waals surface area (Å²) in [6.45, 7) is 0. The van der Waals surface area contributed by atoms with Crippen LogP contribution in [0.1, 0.15) is 5.56 Å². The van der Waals surface area contributed by atoms with Crippen LogP contribution in [0.5, 0.6) is 11.5 Å². The summed E-state index contributed by atoms with van der Waals surface area (Å²) in [5, 5.41) is 20.4. The Labute approximate surface area is 97.8 Å². The third-order valence-electron chi connectivity index (χ3n) is 2.25. The van der Waals surface area contributed by atoms with Crippen LogP contribution in [-0.4, -0.2) is 35.7 Å². The van der Waals surface area contributed by atoms with Crippen LogP contribution in [0, 0.1) is 0 Å². The summed E-state index contributed by atoms with van der Waals surface area (Å²) >= 11 is 0. The van der Waals surface area contributed by atoms with Crippen molar-refractivity contribution in [2.24, 2.45) is 0 Å². The SMILES string of the molecule is COc1cc(CC(NC=O)C(=O)O)ccc1O. The molecule has 3 N–H and O–H groups in total. The Morgan fingerprint density at radius 2 is 2.29 bits per heavy atom. The van der Waals surface area contributed by atoms with Crippen LogP contribution in [0.15, 0.2) is 18.2 Å². The lowest BCUT2D eigenvalue weighted by Gasteiger charge is -2.12. The van der Waals surface area contributed by atoms with Crippen molar-refractivity contribution in [1.82, 2.24) is 5.32 Å². The number of hydrogen-bond acceptors (Lipinski definition) is 4. The third kappa shape index (κ3) is 3.37. The molecule has 0 bridgehead atoms. The largest absolute Gasteiger partial charge is 0.504 e. The van der Waals surface area contributed by atoms with E-state index in [0.717, 1.165) is 0 Å². The number of carbonyl (C=O) groups excluding carboxylic acids is 1. The highest BCUT2D eigenvalue weighted by Gasteiger charge is 2.17. The Kier molecular flexibility index (Phi) is 4.33. The van der Waals surface area contributed by atoms with Gasteiger partial charge in [0.15, 0.2) is 11.5 Å². The molecule has 0 aliphatic carbocycles. The van der Waals surface area contributed by atoms with Crippen molar-refractivity contribution in [3.63, 3.8) is 0 Å². The summed E-state index contributed by atoms with van der Waals surface area (Å²) in [6.07, 6.45) is 0.459. The zero-order valence-electron chi connectivity index (χ0n) is 9.21. The molecule has 6 heteroatoms. The average molecular weight is 239 g/mol. The first-order valence-corrected chi connectivity index (χ1v) is 4.87. The molecule has 6 nitrogen and oxygen atoms in total. The van der Waals surface area contributed by atoms with Crippen LogP contribution in [0.25, 0.3) is 0 Å². The van der Waals surface area contributed by atoms with Gasteiger partial charge in [-0.05, 0) is 17.7 Å². The average Bonchev–Trinajstić information content (AvgIpc) is 2.30. The molecule has 1 atom stereocenters. The fraction of sp³-hybridized carbons (Fsp3) is 0.273. The molecule has 0 radical (unpaired) electrons. The quantitative estimate of drug-likeness (QED) is 0.614. The van der Waals surface area contributed by atoms with E-state index in [1.54, 1.807) is 6.07 Å². The number of nitrogens with one attached hydrogen (secondary N) is 1. The Balaban J connectivity index is 2.85. The lowest BCUT2D eigenvalue weighted by atomic mass is 10.1. The van der Waals surface area contributed by atoms with Crippen molar-refractivity contribution in [2.45, 2.75) is 12.5 Å². The van der Waals surface area contributed by atoms with Gasteiger partial charge in [0, 0.05) is 6.42 Å². The second kappa shape index (κ2) is 5.74. The summed E-state index contributed by atoms with van der Waals surface area (Å²) in [6, 6.07) is 3.51. The monoisotopic (exact) mass is 239 g/mol. The molecule has 1 aromatic rings. The van der Waals surface area contributed by atoms with E-state index in [9.17, 15) is 14.7 Å². The molecular formula is C11H13NO5. The van der Waals surface area contributed by atoms with Gasteiger partial charge in [0.05, 0.1) is 7.11 Å². The number of amides is 1. The molecule has 0 aliphatic rings. The first-order chi connectivity index (χ1) is 8.08. The third-order valence-corrected chi connectivity index (χ3v) is 2.25. The van der Waals surface area contributed by atoms with Crippen LogP contribution < -0.4 is 10.1 Å². The zero-order chi connectivity index (χ0) is 12.8. The summed E-state index contributed by atoms with van der Waals surface area (Å²) in [5.41, 5.74) is 0.640. The van der Waals surface area contributed by atoms with Gasteiger partial charge in [-0.15, -0.1) is 0 Å². The van der Waals surface area contributed by atoms with Gasteiger partial charge in [-0.2, -0.15) is 0 Å². The fourth-order valence-corrected chi connectivity index (χ4v) is 1.38. The van der Waals surface area contributed by atoms with Gasteiger partial charge in [0.25, 0.3) is 0 Å². The zero-order valence-corrected chi connectivity index (χ0v) is 9.21. The molecule has 0 aliphatic heterocycles. The topological polar surface area (TPSA) is 95.9 Å². The number of hydrogen-bond donors (Lipinski definition) is 3. The molecule has 0 spiro atoms. The van der Waals surface area contributed by atoms with Crippen LogP contribution >= 0.6 is 0 Å². The first kappa shape index (κ1) is 12.8. The maximum Gasteiger partial charge on any atom is 0.326 e. The molecule has 0 heterocycles. The van der Waals surface area contributed by atoms with E-state index in [1.165, 1.54) is 19.2 Å². The number of aliphatic carboxylic acids is 1. The molecule has 0 aromatic heterocycles. The Morgan fingerprint density at radius 1 is 1.59 bits per heavy atom. The number of benzene rings is 1. The van der Waals surface area contributed by atoms with Gasteiger partial charge in [-0.25, -0.2) is 4.79 Å². The predicted octanol–water partition coefficient (Wildman–Crippen LogP) is 0.142. The normalized spacial score (nSPS) is 11.6. The number of ether oxygens (including phenoxy) is 1. The minimum atomic E-state index is -1.12. The number of aromatic hydroxyl groups is 1. The first-order valence-electron chi connectivity index (χ1n) is 4.87. The second-order valence-electron chi connectivity index (χ2n) is 3.39. The van der Waals surface area contributed by atoms with E-state index in [-0.39, 0.29) is 17.9 Å². The van der Waals surface area contributed by atoms with Crippen molar-refractivity contribution in [1.29, 1.82) is 0 Å². The van der Waals surface area contributed by atoms with Crippen molar-refractivity contribution in [2.75, 3.05) is 7.11 Å². The summed E-state index contributed by atoms with van der Waals surface area (Å²) < 4.78 is 4.90. The molecule has 0 saturated heterocycles. The minimum Gasteiger partial charge on any atom is -0.504 e. The number of carboxylic acid groups (broad SMARTS) is 1. The standard InChI is InChI=1S/C11H13NO5/c1-17-10-5-7(2-3-9(10)14)4-8(11(15)16)12-6-13/h2-3,5-6,8,14H,4H2,1H3,(H,12,13)(H,15,16). The van der Waals surface area contributed by atoms with E-state index < -0.39 is 12.0 Å². The van der Waals surface area contributed by atoms with E-state index in [0.29, 0.717) is 12.0 Å². The lowest BCUT2D eigenvalue weighted by Crippen LogP contribution is -2.37. The van der Waals surface area contributed by atoms with Gasteiger partial charge >= 0.3 is 5.97 Å². The maximum absolute atomic E-state index is 10.8. The van der Waals surface area contributed by atoms with Crippen LogP contribution in [0.3, 0.4) is 0 Å². The van der Waals surface area contributed by atoms with E-state index >= 15 is 0 Å². The molecule has 1 unspecified atom stereocenters. The molecular weight excluding hydrogens is 226 g/mol. The number of phenols is 1. The van der Waals surface area contributed by atoms with Gasteiger partial charge in [0.1, 0.15) is 6.04 Å². The summed E-state index contributed by atoms with van der Waals surface area (Å²) in [7, 11) is 1.40. The van der Waals surface area contributed by atoms with Crippen molar-refractivity contribution in [3.05, 3.63) is 23.8 Å². The van der Waals surface area contributed by atoms with Crippen LogP contribution in [0.4, 0.5) is 0 Å². The van der Waals surface area contributed by atoms with Crippen molar-refractivity contribution < 1.29 is 24.5 Å². The van der Waals surface area contributed by atoms with Crippen molar-refractivity contribution in [3.8, 4) is 11.5 Å². The van der Waals surface area contributed by atoms with E-state index in [4.69, 9.17) is 9.84 Å². The highest BCUT2D eigenvalue weighted by molar-refractivity contribution is 5.76. The Morgan fingerprint density at radius 3 is 2.82 bits per heavy atom. The molecule has 1 aromatic carbocycles. The fourth-order valence-electron chi connectivity index (χ4n) is 1.38. The molecule has 1 amide bonds. The molecule has 17 heavy (non-hydrogen) atoms. The van der Waals surface area contributed by atoms with Crippen molar-refractivity contribution >= 4 is 12.4 Å². The van der Waals surface area contributed by atoms with E-state index in [1.807, 2.05) is 0 Å². The lowest BCUT2D eigenvalue weighted by molar-refractivity contribution is -0.140. The van der Waals surface area contributed by atoms with Gasteiger partial charge in [-0.1, -0.05) is 6.07 Å². The Hall–Kier alpha value is -2.24. The summed E-state index contributed by atoms with van der Waals surface area (Å²) in [4.78, 5) is 21.1. The van der Waals surface area contributed by atoms with Gasteiger partial charge in [0.2, 0.25) is 6.41 Å². The second-order valence-corrected chi connectivity index (χ2v) is 3.39. The Bertz CT molecular complexity index is 418. The number of carbonyl (C=O) groups is 2. The molecule has 92 valence electrons. The van der Waals surface area contributed by atoms with Crippen LogP contribution in [0.2, 0.25) is 0 Å². The predicted molar refractivity (Wildman–Crippen MR) is 59.0 cm³/mol. The van der Waals surface area contributed by atoms with Gasteiger partial charge in [-0.3, -0.25) is 4.79 Å². The number of phenolic OH excluding ortho intramolecular Hbond substituents is 1. The number of methoxy groups -OCH3 is 1. The number of rotatable bonds is 6.